The van der Waals surface area contributed by atoms with Crippen molar-refractivity contribution in [1.82, 2.24) is 29.4 Å². The van der Waals surface area contributed by atoms with Crippen LogP contribution in [0.3, 0.4) is 0 Å². The Morgan fingerprint density at radius 1 is 1.18 bits per heavy atom. The third-order valence-corrected chi connectivity index (χ3v) is 7.60. The Balaban J connectivity index is 1.36. The predicted molar refractivity (Wildman–Crippen MR) is 148 cm³/mol. The number of anilines is 2. The lowest BCUT2D eigenvalue weighted by molar-refractivity contribution is 0.157. The maximum absolute atomic E-state index is 13.7. The minimum Gasteiger partial charge on any atom is -0.481 e. The monoisotopic (exact) mass is 528 g/mol. The zero-order valence-electron chi connectivity index (χ0n) is 22.2. The number of hydrogen-bond acceptors (Lipinski definition) is 10. The topological polar surface area (TPSA) is 125 Å². The molecule has 2 N–H and O–H groups in total. The van der Waals surface area contributed by atoms with Crippen molar-refractivity contribution < 1.29 is 9.47 Å². The van der Waals surface area contributed by atoms with E-state index >= 15 is 0 Å². The number of ether oxygens (including phenoxy) is 2. The third kappa shape index (κ3) is 4.97. The van der Waals surface area contributed by atoms with Gasteiger partial charge in [0.05, 0.1) is 25.0 Å². The van der Waals surface area contributed by atoms with E-state index in [1.54, 1.807) is 13.3 Å². The highest BCUT2D eigenvalue weighted by atomic mass is 16.5. The van der Waals surface area contributed by atoms with E-state index in [1.807, 2.05) is 36.7 Å². The second kappa shape index (κ2) is 10.5. The number of pyridine rings is 3. The standard InChI is InChI=1S/C28H32N8O3/c1-18-16-39-28-26-25(32-17-33-28)27(37)20(14-36(18)26)13-35(12-19-7-8-30-24(10-19)38-2)22-4-3-9-34(15-22)21-5-6-23(29)31-11-21/h5-8,10-11,14,17-18,22H,3-4,9,12-13,15-16H2,1-2H3,(H2,29,31)/t18?,22-/m0/s1. The molecule has 1 saturated heterocycles. The van der Waals surface area contributed by atoms with Crippen LogP contribution in [0.4, 0.5) is 11.5 Å². The summed E-state index contributed by atoms with van der Waals surface area (Å²) in [6, 6.07) is 8.07. The van der Waals surface area contributed by atoms with Gasteiger partial charge in [-0.15, -0.1) is 0 Å². The van der Waals surface area contributed by atoms with Crippen molar-refractivity contribution in [3.8, 4) is 11.8 Å². The van der Waals surface area contributed by atoms with Gasteiger partial charge in [-0.3, -0.25) is 9.69 Å². The molecule has 11 nitrogen and oxygen atoms in total. The number of piperidine rings is 1. The molecule has 0 bridgehead atoms. The molecule has 6 rings (SSSR count). The van der Waals surface area contributed by atoms with Gasteiger partial charge in [0.2, 0.25) is 17.2 Å². The minimum atomic E-state index is -0.0877. The lowest BCUT2D eigenvalue weighted by Crippen LogP contribution is -2.48. The van der Waals surface area contributed by atoms with Crippen molar-refractivity contribution >= 4 is 22.5 Å². The summed E-state index contributed by atoms with van der Waals surface area (Å²) < 4.78 is 13.2. The SMILES string of the molecule is COc1cc(CN(Cc2cn3c4c(ncnc4c2=O)OCC3C)[C@H]2CCCN(c3ccc(N)nc3)C2)ccn1. The van der Waals surface area contributed by atoms with Crippen LogP contribution in [0, 0.1) is 0 Å². The summed E-state index contributed by atoms with van der Waals surface area (Å²) in [7, 11) is 1.62. The third-order valence-electron chi connectivity index (χ3n) is 7.60. The maximum atomic E-state index is 13.7. The maximum Gasteiger partial charge on any atom is 0.241 e. The van der Waals surface area contributed by atoms with Crippen LogP contribution in [0.2, 0.25) is 0 Å². The lowest BCUT2D eigenvalue weighted by Gasteiger charge is -2.40. The number of rotatable bonds is 7. The molecule has 2 atom stereocenters. The molecule has 39 heavy (non-hydrogen) atoms. The van der Waals surface area contributed by atoms with Crippen molar-refractivity contribution in [3.05, 3.63) is 70.5 Å². The lowest BCUT2D eigenvalue weighted by atomic mass is 10.0. The van der Waals surface area contributed by atoms with Crippen molar-refractivity contribution in [3.63, 3.8) is 0 Å². The summed E-state index contributed by atoms with van der Waals surface area (Å²) in [5.41, 5.74) is 9.62. The molecule has 6 heterocycles. The van der Waals surface area contributed by atoms with Gasteiger partial charge in [-0.25, -0.2) is 15.0 Å². The normalized spacial score (nSPS) is 18.8. The van der Waals surface area contributed by atoms with Crippen LogP contribution >= 0.6 is 0 Å². The van der Waals surface area contributed by atoms with E-state index in [-0.39, 0.29) is 17.5 Å². The molecule has 0 radical (unpaired) electrons. The second-order valence-electron chi connectivity index (χ2n) is 10.2. The van der Waals surface area contributed by atoms with Crippen LogP contribution in [-0.2, 0) is 13.1 Å². The first-order valence-corrected chi connectivity index (χ1v) is 13.2. The first-order valence-electron chi connectivity index (χ1n) is 13.2. The summed E-state index contributed by atoms with van der Waals surface area (Å²) >= 11 is 0. The molecule has 11 heteroatoms. The van der Waals surface area contributed by atoms with Crippen LogP contribution < -0.4 is 25.5 Å². The van der Waals surface area contributed by atoms with E-state index in [4.69, 9.17) is 15.2 Å². The fraction of sp³-hybridized carbons (Fsp3) is 0.393. The summed E-state index contributed by atoms with van der Waals surface area (Å²) in [6.45, 7) is 5.44. The van der Waals surface area contributed by atoms with E-state index in [1.165, 1.54) is 6.33 Å². The van der Waals surface area contributed by atoms with Crippen LogP contribution in [0.25, 0.3) is 11.0 Å². The Hall–Kier alpha value is -4.25. The van der Waals surface area contributed by atoms with Crippen LogP contribution in [0.5, 0.6) is 11.8 Å². The van der Waals surface area contributed by atoms with Crippen molar-refractivity contribution in [2.45, 2.75) is 44.9 Å². The van der Waals surface area contributed by atoms with E-state index in [0.29, 0.717) is 53.9 Å². The van der Waals surface area contributed by atoms with Gasteiger partial charge in [0.1, 0.15) is 29.8 Å². The quantitative estimate of drug-likeness (QED) is 0.383. The van der Waals surface area contributed by atoms with Crippen LogP contribution in [-0.4, -0.2) is 62.3 Å². The second-order valence-corrected chi connectivity index (χ2v) is 10.2. The molecule has 0 aromatic carbocycles. The van der Waals surface area contributed by atoms with Gasteiger partial charge in [0, 0.05) is 56.2 Å². The van der Waals surface area contributed by atoms with E-state index < -0.39 is 0 Å². The summed E-state index contributed by atoms with van der Waals surface area (Å²) in [6.07, 6.45) is 9.00. The predicted octanol–water partition coefficient (Wildman–Crippen LogP) is 2.80. The summed E-state index contributed by atoms with van der Waals surface area (Å²) in [5.74, 6) is 1.54. The molecule has 1 unspecified atom stereocenters. The molecule has 0 amide bonds. The van der Waals surface area contributed by atoms with Gasteiger partial charge in [-0.05, 0) is 43.5 Å². The molecule has 2 aliphatic rings. The number of nitrogen functional groups attached to an aromatic ring is 1. The number of nitrogens with zero attached hydrogens (tertiary/aromatic N) is 7. The van der Waals surface area contributed by atoms with E-state index in [9.17, 15) is 4.79 Å². The van der Waals surface area contributed by atoms with Gasteiger partial charge >= 0.3 is 0 Å². The molecule has 2 aliphatic heterocycles. The molecule has 0 saturated carbocycles. The Labute approximate surface area is 226 Å². The highest BCUT2D eigenvalue weighted by Gasteiger charge is 2.29. The Bertz CT molecular complexity index is 1540. The molecular formula is C28H32N8O3. The summed E-state index contributed by atoms with van der Waals surface area (Å²) in [4.78, 5) is 35.6. The Morgan fingerprint density at radius 3 is 2.90 bits per heavy atom. The molecular weight excluding hydrogens is 496 g/mol. The number of aromatic nitrogens is 5. The molecule has 202 valence electrons. The van der Waals surface area contributed by atoms with Crippen molar-refractivity contribution in [2.24, 2.45) is 0 Å². The Morgan fingerprint density at radius 2 is 2.08 bits per heavy atom. The zero-order chi connectivity index (χ0) is 26.9. The number of hydrogen-bond donors (Lipinski definition) is 1. The van der Waals surface area contributed by atoms with Crippen LogP contribution in [0.15, 0.2) is 54.0 Å². The first-order chi connectivity index (χ1) is 19.0. The van der Waals surface area contributed by atoms with Gasteiger partial charge in [0.15, 0.2) is 0 Å². The molecule has 1 fully saturated rings. The van der Waals surface area contributed by atoms with E-state index in [0.717, 1.165) is 37.2 Å². The zero-order valence-corrected chi connectivity index (χ0v) is 22.2. The average Bonchev–Trinajstić information content (AvgIpc) is 2.97. The molecule has 4 aromatic heterocycles. The Kier molecular flexibility index (Phi) is 6.74. The average molecular weight is 529 g/mol. The molecule has 0 spiro atoms. The smallest absolute Gasteiger partial charge is 0.241 e. The molecule has 0 aliphatic carbocycles. The first kappa shape index (κ1) is 25.1. The van der Waals surface area contributed by atoms with Gasteiger partial charge < -0.3 is 24.7 Å². The van der Waals surface area contributed by atoms with Gasteiger partial charge in [-0.1, -0.05) is 0 Å². The number of nitrogens with two attached hydrogens (primary N) is 1. The highest BCUT2D eigenvalue weighted by Crippen LogP contribution is 2.30. The summed E-state index contributed by atoms with van der Waals surface area (Å²) in [5, 5.41) is 0. The van der Waals surface area contributed by atoms with Gasteiger partial charge in [0.25, 0.3) is 0 Å². The van der Waals surface area contributed by atoms with Gasteiger partial charge in [-0.2, -0.15) is 4.98 Å². The minimum absolute atomic E-state index is 0.0615. The largest absolute Gasteiger partial charge is 0.481 e. The fourth-order valence-corrected chi connectivity index (χ4v) is 5.55. The molecule has 4 aromatic rings. The van der Waals surface area contributed by atoms with Crippen molar-refractivity contribution in [2.75, 3.05) is 37.4 Å². The van der Waals surface area contributed by atoms with Crippen LogP contribution in [0.1, 0.15) is 36.9 Å². The fourth-order valence-electron chi connectivity index (χ4n) is 5.55. The number of methoxy groups -OCH3 is 1. The van der Waals surface area contributed by atoms with E-state index in [2.05, 4.69) is 41.2 Å². The van der Waals surface area contributed by atoms with Crippen molar-refractivity contribution in [1.29, 1.82) is 0 Å². The highest BCUT2D eigenvalue weighted by molar-refractivity contribution is 5.80.